The van der Waals surface area contributed by atoms with Crippen molar-refractivity contribution in [3.8, 4) is 17.0 Å². The van der Waals surface area contributed by atoms with Gasteiger partial charge in [-0.05, 0) is 24.1 Å². The quantitative estimate of drug-likeness (QED) is 0.337. The molecule has 4 rings (SSSR count). The summed E-state index contributed by atoms with van der Waals surface area (Å²) in [5, 5.41) is 18.5. The molecule has 1 N–H and O–H groups in total. The highest BCUT2D eigenvalue weighted by Crippen LogP contribution is 2.43. The third-order valence-corrected chi connectivity index (χ3v) is 5.35. The van der Waals surface area contributed by atoms with Crippen molar-refractivity contribution < 1.29 is 19.2 Å². The van der Waals surface area contributed by atoms with E-state index in [0.29, 0.717) is 47.8 Å². The number of ether oxygens (including phenoxy) is 2. The Morgan fingerprint density at radius 1 is 1.19 bits per heavy atom. The van der Waals surface area contributed by atoms with Crippen molar-refractivity contribution in [2.75, 3.05) is 27.4 Å². The van der Waals surface area contributed by atoms with E-state index >= 15 is 0 Å². The number of nitrogens with one attached hydrogen (secondary N) is 1. The van der Waals surface area contributed by atoms with Crippen LogP contribution < -0.4 is 4.74 Å². The molecule has 2 heterocycles. The van der Waals surface area contributed by atoms with Gasteiger partial charge >= 0.3 is 0 Å². The third-order valence-electron chi connectivity index (χ3n) is 5.35. The van der Waals surface area contributed by atoms with Gasteiger partial charge in [0.15, 0.2) is 0 Å². The Kier molecular flexibility index (Phi) is 5.68. The molecule has 1 unspecified atom stereocenters. The molecule has 31 heavy (non-hydrogen) atoms. The van der Waals surface area contributed by atoms with Gasteiger partial charge in [-0.15, -0.1) is 0 Å². The smallest absolute Gasteiger partial charge is 0.273 e. The summed E-state index contributed by atoms with van der Waals surface area (Å²) in [5.41, 5.74) is 3.04. The number of nitro groups is 1. The Morgan fingerprint density at radius 2 is 2.00 bits per heavy atom. The number of fused-ring (bicyclic) bond motifs is 1. The van der Waals surface area contributed by atoms with Crippen molar-refractivity contribution in [1.29, 1.82) is 0 Å². The Bertz CT molecular complexity index is 1130. The first-order valence-corrected chi connectivity index (χ1v) is 9.82. The van der Waals surface area contributed by atoms with Crippen LogP contribution in [-0.2, 0) is 4.74 Å². The number of aromatic nitrogens is 2. The maximum absolute atomic E-state index is 13.2. The number of H-pyrrole nitrogens is 1. The van der Waals surface area contributed by atoms with Gasteiger partial charge in [-0.3, -0.25) is 20.0 Å². The molecular weight excluding hydrogens is 400 g/mol. The van der Waals surface area contributed by atoms with E-state index in [1.54, 1.807) is 31.3 Å². The predicted octanol–water partition coefficient (Wildman–Crippen LogP) is 3.58. The van der Waals surface area contributed by atoms with Crippen LogP contribution in [0.25, 0.3) is 11.3 Å². The van der Waals surface area contributed by atoms with Crippen molar-refractivity contribution in [3.63, 3.8) is 0 Å². The highest BCUT2D eigenvalue weighted by atomic mass is 16.6. The number of rotatable bonds is 8. The largest absolute Gasteiger partial charge is 0.497 e. The van der Waals surface area contributed by atoms with E-state index in [2.05, 4.69) is 10.2 Å². The van der Waals surface area contributed by atoms with Crippen LogP contribution in [0, 0.1) is 10.1 Å². The highest BCUT2D eigenvalue weighted by Gasteiger charge is 2.42. The highest BCUT2D eigenvalue weighted by molar-refractivity contribution is 6.00. The second-order valence-corrected chi connectivity index (χ2v) is 7.19. The molecule has 9 heteroatoms. The number of nitro benzene ring substituents is 1. The zero-order valence-corrected chi connectivity index (χ0v) is 17.2. The minimum Gasteiger partial charge on any atom is -0.497 e. The van der Waals surface area contributed by atoms with Gasteiger partial charge in [0.25, 0.3) is 11.6 Å². The van der Waals surface area contributed by atoms with Gasteiger partial charge in [-0.1, -0.05) is 24.3 Å². The molecule has 0 aliphatic carbocycles. The number of benzene rings is 2. The van der Waals surface area contributed by atoms with Gasteiger partial charge in [0.1, 0.15) is 11.4 Å². The van der Waals surface area contributed by atoms with Gasteiger partial charge in [0.05, 0.1) is 23.8 Å². The van der Waals surface area contributed by atoms with Gasteiger partial charge < -0.3 is 14.4 Å². The lowest BCUT2D eigenvalue weighted by molar-refractivity contribution is -0.384. The van der Waals surface area contributed by atoms with Crippen molar-refractivity contribution in [2.24, 2.45) is 0 Å². The summed E-state index contributed by atoms with van der Waals surface area (Å²) in [5.74, 6) is 0.513. The monoisotopic (exact) mass is 422 g/mol. The van der Waals surface area contributed by atoms with E-state index in [9.17, 15) is 14.9 Å². The first-order valence-electron chi connectivity index (χ1n) is 9.82. The fourth-order valence-corrected chi connectivity index (χ4v) is 3.95. The van der Waals surface area contributed by atoms with E-state index in [0.717, 1.165) is 5.56 Å². The van der Waals surface area contributed by atoms with E-state index in [-0.39, 0.29) is 11.6 Å². The molecule has 1 atom stereocenters. The Labute approximate surface area is 178 Å². The summed E-state index contributed by atoms with van der Waals surface area (Å²) < 4.78 is 10.5. The van der Waals surface area contributed by atoms with Gasteiger partial charge in [-0.2, -0.15) is 5.10 Å². The molecule has 1 aliphatic heterocycles. The molecule has 0 saturated carbocycles. The number of aromatic amines is 1. The lowest BCUT2D eigenvalue weighted by atomic mass is 9.95. The maximum atomic E-state index is 13.2. The number of amides is 1. The molecule has 3 aromatic rings. The molecule has 2 aromatic carbocycles. The van der Waals surface area contributed by atoms with Crippen molar-refractivity contribution >= 4 is 11.6 Å². The molecule has 9 nitrogen and oxygen atoms in total. The molecule has 0 fully saturated rings. The summed E-state index contributed by atoms with van der Waals surface area (Å²) in [7, 11) is 3.21. The number of hydrogen-bond donors (Lipinski definition) is 1. The molecule has 1 aliphatic rings. The number of carbonyl (C=O) groups excluding carboxylic acids is 1. The van der Waals surface area contributed by atoms with Crippen LogP contribution in [0.3, 0.4) is 0 Å². The third kappa shape index (κ3) is 3.75. The first kappa shape index (κ1) is 20.5. The van der Waals surface area contributed by atoms with Crippen molar-refractivity contribution in [1.82, 2.24) is 15.1 Å². The molecule has 0 saturated heterocycles. The molecule has 0 bridgehead atoms. The Hall–Kier alpha value is -3.72. The summed E-state index contributed by atoms with van der Waals surface area (Å²) in [6.07, 6.45) is 0.673. The lowest BCUT2D eigenvalue weighted by Gasteiger charge is -2.26. The van der Waals surface area contributed by atoms with Crippen LogP contribution >= 0.6 is 0 Å². The first-order chi connectivity index (χ1) is 15.0. The van der Waals surface area contributed by atoms with Crippen LogP contribution in [0.4, 0.5) is 5.69 Å². The lowest BCUT2D eigenvalue weighted by Crippen LogP contribution is -2.31. The molecule has 1 amide bonds. The van der Waals surface area contributed by atoms with Crippen molar-refractivity contribution in [2.45, 2.75) is 12.5 Å². The number of non-ortho nitro benzene ring substituents is 1. The fraction of sp³-hybridized carbons (Fsp3) is 0.273. The fourth-order valence-electron chi connectivity index (χ4n) is 3.95. The average molecular weight is 422 g/mol. The minimum atomic E-state index is -0.446. The number of methoxy groups -OCH3 is 2. The number of nitrogens with zero attached hydrogens (tertiary/aromatic N) is 3. The Balaban J connectivity index is 1.84. The zero-order chi connectivity index (χ0) is 22.0. The predicted molar refractivity (Wildman–Crippen MR) is 113 cm³/mol. The van der Waals surface area contributed by atoms with Crippen LogP contribution in [0.2, 0.25) is 0 Å². The molecule has 160 valence electrons. The summed E-state index contributed by atoms with van der Waals surface area (Å²) in [6, 6.07) is 13.4. The summed E-state index contributed by atoms with van der Waals surface area (Å²) in [6.45, 7) is 1.02. The van der Waals surface area contributed by atoms with Crippen LogP contribution in [0.1, 0.15) is 34.1 Å². The van der Waals surface area contributed by atoms with Crippen LogP contribution in [-0.4, -0.2) is 53.3 Å². The van der Waals surface area contributed by atoms with Crippen LogP contribution in [0.5, 0.6) is 5.75 Å². The molecular formula is C22H22N4O5. The minimum absolute atomic E-state index is 0.0338. The van der Waals surface area contributed by atoms with Crippen LogP contribution in [0.15, 0.2) is 48.5 Å². The average Bonchev–Trinajstić information content (AvgIpc) is 3.33. The molecule has 1 aromatic heterocycles. The van der Waals surface area contributed by atoms with Gasteiger partial charge in [-0.25, -0.2) is 0 Å². The Morgan fingerprint density at radius 3 is 2.74 bits per heavy atom. The zero-order valence-electron chi connectivity index (χ0n) is 17.2. The molecule has 0 radical (unpaired) electrons. The van der Waals surface area contributed by atoms with E-state index in [4.69, 9.17) is 9.47 Å². The number of hydrogen-bond acceptors (Lipinski definition) is 6. The molecule has 0 spiro atoms. The van der Waals surface area contributed by atoms with E-state index < -0.39 is 11.0 Å². The van der Waals surface area contributed by atoms with Gasteiger partial charge in [0, 0.05) is 43.5 Å². The summed E-state index contributed by atoms with van der Waals surface area (Å²) >= 11 is 0. The topological polar surface area (TPSA) is 111 Å². The second kappa shape index (κ2) is 8.57. The van der Waals surface area contributed by atoms with E-state index in [1.165, 1.54) is 12.1 Å². The van der Waals surface area contributed by atoms with E-state index in [1.807, 2.05) is 24.3 Å². The normalized spacial score (nSPS) is 15.2. The SMILES string of the molecule is COCCCN1C(=O)c2[nH]nc(-c3cccc([N+](=O)[O-])c3)c2C1c1cccc(OC)c1. The van der Waals surface area contributed by atoms with Gasteiger partial charge in [0.2, 0.25) is 0 Å². The standard InChI is InChI=1S/C22H22N4O5/c1-30-11-5-10-25-21(15-7-4-9-17(13-15)31-2)18-19(23-24-20(18)22(25)27)14-6-3-8-16(12-14)26(28)29/h3-4,6-9,12-13,21H,5,10-11H2,1-2H3,(H,23,24). The second-order valence-electron chi connectivity index (χ2n) is 7.19. The van der Waals surface area contributed by atoms with Crippen molar-refractivity contribution in [3.05, 3.63) is 75.5 Å². The maximum Gasteiger partial charge on any atom is 0.273 e. The summed E-state index contributed by atoms with van der Waals surface area (Å²) in [4.78, 5) is 25.8. The number of carbonyl (C=O) groups is 1.